The first kappa shape index (κ1) is 11.9. The van der Waals surface area contributed by atoms with Crippen molar-refractivity contribution in [2.75, 3.05) is 11.9 Å². The van der Waals surface area contributed by atoms with Crippen LogP contribution >= 0.6 is 0 Å². The number of hydrogen-bond acceptors (Lipinski definition) is 3. The average molecular weight is 234 g/mol. The fraction of sp³-hybridized carbons (Fsp3) is 0.462. The van der Waals surface area contributed by atoms with Gasteiger partial charge in [0.1, 0.15) is 5.75 Å². The van der Waals surface area contributed by atoms with E-state index in [9.17, 15) is 9.90 Å². The average Bonchev–Trinajstić information content (AvgIpc) is 2.75. The van der Waals surface area contributed by atoms with Crippen LogP contribution in [0.25, 0.3) is 0 Å². The van der Waals surface area contributed by atoms with Crippen LogP contribution in [0.5, 0.6) is 5.75 Å². The molecule has 1 amide bonds. The maximum Gasteiger partial charge on any atom is 0.229 e. The van der Waals surface area contributed by atoms with Crippen LogP contribution in [0.4, 0.5) is 5.69 Å². The van der Waals surface area contributed by atoms with E-state index >= 15 is 0 Å². The highest BCUT2D eigenvalue weighted by Crippen LogP contribution is 2.27. The number of phenolic OH excluding ortho intramolecular Hbond substituents is 1. The monoisotopic (exact) mass is 234 g/mol. The fourth-order valence-electron chi connectivity index (χ4n) is 2.32. The second-order valence-corrected chi connectivity index (χ2v) is 4.68. The van der Waals surface area contributed by atoms with Gasteiger partial charge in [0, 0.05) is 24.7 Å². The van der Waals surface area contributed by atoms with Gasteiger partial charge in [-0.05, 0) is 43.5 Å². The highest BCUT2D eigenvalue weighted by molar-refractivity contribution is 5.94. The molecule has 1 saturated carbocycles. The van der Waals surface area contributed by atoms with Gasteiger partial charge in [0.2, 0.25) is 5.91 Å². The summed E-state index contributed by atoms with van der Waals surface area (Å²) in [5.74, 6) is 0.366. The number of hydrogen-bond donors (Lipinski definition) is 2. The molecule has 3 N–H and O–H groups in total. The molecule has 4 nitrogen and oxygen atoms in total. The largest absolute Gasteiger partial charge is 0.508 e. The molecule has 1 fully saturated rings. The molecule has 2 atom stereocenters. The molecule has 17 heavy (non-hydrogen) atoms. The van der Waals surface area contributed by atoms with Gasteiger partial charge in [-0.15, -0.1) is 0 Å². The van der Waals surface area contributed by atoms with Crippen molar-refractivity contribution < 1.29 is 9.90 Å². The Kier molecular flexibility index (Phi) is 3.33. The summed E-state index contributed by atoms with van der Waals surface area (Å²) in [6.07, 6.45) is 2.59. The Morgan fingerprint density at radius 1 is 1.35 bits per heavy atom. The molecule has 1 aliphatic rings. The van der Waals surface area contributed by atoms with Gasteiger partial charge in [0.25, 0.3) is 0 Å². The first-order valence-corrected chi connectivity index (χ1v) is 5.90. The standard InChI is InChI=1S/C13H18N2O2/c1-15(11-4-6-12(16)7-5-11)13(17)9-2-3-10(14)8-9/h4-7,9-10,16H,2-3,8,14H2,1H3. The molecule has 1 aromatic carbocycles. The smallest absolute Gasteiger partial charge is 0.229 e. The molecule has 1 aromatic rings. The lowest BCUT2D eigenvalue weighted by atomic mass is 10.1. The number of nitrogens with two attached hydrogens (primary N) is 1. The van der Waals surface area contributed by atoms with Crippen molar-refractivity contribution in [1.29, 1.82) is 0 Å². The lowest BCUT2D eigenvalue weighted by molar-refractivity contribution is -0.121. The second kappa shape index (κ2) is 4.75. The molecule has 2 rings (SSSR count). The fourth-order valence-corrected chi connectivity index (χ4v) is 2.32. The van der Waals surface area contributed by atoms with Crippen molar-refractivity contribution in [3.8, 4) is 5.75 Å². The van der Waals surface area contributed by atoms with E-state index in [0.717, 1.165) is 24.9 Å². The number of nitrogens with zero attached hydrogens (tertiary/aromatic N) is 1. The normalized spacial score (nSPS) is 23.6. The molecule has 2 unspecified atom stereocenters. The van der Waals surface area contributed by atoms with Crippen LogP contribution in [0.1, 0.15) is 19.3 Å². The molecule has 0 radical (unpaired) electrons. The Hall–Kier alpha value is -1.55. The van der Waals surface area contributed by atoms with E-state index in [1.54, 1.807) is 36.2 Å². The minimum atomic E-state index is 0.0452. The number of benzene rings is 1. The number of phenols is 1. The van der Waals surface area contributed by atoms with Crippen LogP contribution in [0.3, 0.4) is 0 Å². The van der Waals surface area contributed by atoms with Crippen LogP contribution in [-0.2, 0) is 4.79 Å². The summed E-state index contributed by atoms with van der Waals surface area (Å²) in [7, 11) is 1.76. The lowest BCUT2D eigenvalue weighted by Crippen LogP contribution is -2.32. The molecule has 92 valence electrons. The molecule has 0 saturated heterocycles. The van der Waals surface area contributed by atoms with Crippen LogP contribution in [0, 0.1) is 5.92 Å². The zero-order valence-electron chi connectivity index (χ0n) is 9.97. The Bertz CT molecular complexity index is 402. The van der Waals surface area contributed by atoms with Crippen molar-refractivity contribution >= 4 is 11.6 Å². The third-order valence-corrected chi connectivity index (χ3v) is 3.39. The van der Waals surface area contributed by atoms with E-state index in [4.69, 9.17) is 5.73 Å². The van der Waals surface area contributed by atoms with Crippen LogP contribution in [0.2, 0.25) is 0 Å². The molecule has 0 heterocycles. The molecule has 4 heteroatoms. The van der Waals surface area contributed by atoms with Gasteiger partial charge < -0.3 is 15.7 Å². The quantitative estimate of drug-likeness (QED) is 0.814. The number of aromatic hydroxyl groups is 1. The molecule has 1 aliphatic carbocycles. The van der Waals surface area contributed by atoms with E-state index < -0.39 is 0 Å². The topological polar surface area (TPSA) is 66.6 Å². The van der Waals surface area contributed by atoms with Crippen LogP contribution < -0.4 is 10.6 Å². The van der Waals surface area contributed by atoms with E-state index in [1.807, 2.05) is 0 Å². The first-order chi connectivity index (χ1) is 8.08. The van der Waals surface area contributed by atoms with E-state index in [0.29, 0.717) is 0 Å². The third-order valence-electron chi connectivity index (χ3n) is 3.39. The summed E-state index contributed by atoms with van der Waals surface area (Å²) in [6.45, 7) is 0. The predicted octanol–water partition coefficient (Wildman–Crippen LogP) is 1.48. The summed E-state index contributed by atoms with van der Waals surface area (Å²) in [5, 5.41) is 9.20. The number of amides is 1. The Balaban J connectivity index is 2.06. The molecule has 0 bridgehead atoms. The molecule has 0 aliphatic heterocycles. The molecule has 0 aromatic heterocycles. The molecule has 0 spiro atoms. The number of rotatable bonds is 2. The van der Waals surface area contributed by atoms with Gasteiger partial charge in [-0.3, -0.25) is 4.79 Å². The van der Waals surface area contributed by atoms with Crippen molar-refractivity contribution in [2.45, 2.75) is 25.3 Å². The summed E-state index contributed by atoms with van der Waals surface area (Å²) < 4.78 is 0. The highest BCUT2D eigenvalue weighted by Gasteiger charge is 2.30. The van der Waals surface area contributed by atoms with Gasteiger partial charge in [-0.1, -0.05) is 0 Å². The zero-order valence-corrected chi connectivity index (χ0v) is 9.97. The van der Waals surface area contributed by atoms with Gasteiger partial charge >= 0.3 is 0 Å². The predicted molar refractivity (Wildman–Crippen MR) is 66.8 cm³/mol. The molecular weight excluding hydrogens is 216 g/mol. The zero-order chi connectivity index (χ0) is 12.4. The number of anilines is 1. The Morgan fingerprint density at radius 3 is 2.53 bits per heavy atom. The summed E-state index contributed by atoms with van der Waals surface area (Å²) in [4.78, 5) is 13.8. The number of carbonyl (C=O) groups is 1. The lowest BCUT2D eigenvalue weighted by Gasteiger charge is -2.21. The van der Waals surface area contributed by atoms with Crippen LogP contribution in [-0.4, -0.2) is 24.1 Å². The summed E-state index contributed by atoms with van der Waals surface area (Å²) >= 11 is 0. The van der Waals surface area contributed by atoms with Crippen molar-refractivity contribution in [1.82, 2.24) is 0 Å². The molecular formula is C13H18N2O2. The van der Waals surface area contributed by atoms with E-state index in [2.05, 4.69) is 0 Å². The second-order valence-electron chi connectivity index (χ2n) is 4.68. The van der Waals surface area contributed by atoms with Crippen molar-refractivity contribution in [2.24, 2.45) is 11.7 Å². The van der Waals surface area contributed by atoms with E-state index in [-0.39, 0.29) is 23.6 Å². The van der Waals surface area contributed by atoms with Gasteiger partial charge in [0.15, 0.2) is 0 Å². The third kappa shape index (κ3) is 2.58. The highest BCUT2D eigenvalue weighted by atomic mass is 16.3. The SMILES string of the molecule is CN(C(=O)C1CCC(N)C1)c1ccc(O)cc1. The van der Waals surface area contributed by atoms with Gasteiger partial charge in [-0.25, -0.2) is 0 Å². The maximum atomic E-state index is 12.2. The maximum absolute atomic E-state index is 12.2. The first-order valence-electron chi connectivity index (χ1n) is 5.90. The van der Waals surface area contributed by atoms with Gasteiger partial charge in [0.05, 0.1) is 0 Å². The van der Waals surface area contributed by atoms with Gasteiger partial charge in [-0.2, -0.15) is 0 Å². The van der Waals surface area contributed by atoms with Crippen molar-refractivity contribution in [3.05, 3.63) is 24.3 Å². The Labute approximate surface area is 101 Å². The van der Waals surface area contributed by atoms with Crippen LogP contribution in [0.15, 0.2) is 24.3 Å². The summed E-state index contributed by atoms with van der Waals surface area (Å²) in [6, 6.07) is 6.81. The number of carbonyl (C=O) groups excluding carboxylic acids is 1. The minimum absolute atomic E-state index is 0.0452. The Morgan fingerprint density at radius 2 is 2.00 bits per heavy atom. The minimum Gasteiger partial charge on any atom is -0.508 e. The van der Waals surface area contributed by atoms with Crippen molar-refractivity contribution in [3.63, 3.8) is 0 Å². The van der Waals surface area contributed by atoms with E-state index in [1.165, 1.54) is 0 Å². The summed E-state index contributed by atoms with van der Waals surface area (Å²) in [5.41, 5.74) is 6.62.